The van der Waals surface area contributed by atoms with E-state index in [1.54, 1.807) is 0 Å². The van der Waals surface area contributed by atoms with E-state index in [4.69, 9.17) is 0 Å². The largest absolute Gasteiger partial charge is 0.416 e. The molecule has 0 spiro atoms. The van der Waals surface area contributed by atoms with Crippen LogP contribution in [0.1, 0.15) is 27.2 Å². The van der Waals surface area contributed by atoms with E-state index in [2.05, 4.69) is 15.0 Å². The molecule has 0 saturated carbocycles. The summed E-state index contributed by atoms with van der Waals surface area (Å²) in [5, 5.41) is 2.47. The molecular weight excluding hydrogens is 597 g/mol. The highest BCUT2D eigenvalue weighted by atomic mass is 32.2. The van der Waals surface area contributed by atoms with Crippen LogP contribution in [0.5, 0.6) is 0 Å². The lowest BCUT2D eigenvalue weighted by molar-refractivity contribution is -0.137. The normalized spacial score (nSPS) is 12.1. The summed E-state index contributed by atoms with van der Waals surface area (Å²) in [4.78, 5) is 30.1. The maximum atomic E-state index is 13.5. The number of anilines is 1. The van der Waals surface area contributed by atoms with Crippen LogP contribution >= 0.6 is 0 Å². The summed E-state index contributed by atoms with van der Waals surface area (Å²) in [7, 11) is -7.94. The van der Waals surface area contributed by atoms with Gasteiger partial charge >= 0.3 is 6.18 Å². The van der Waals surface area contributed by atoms with Gasteiger partial charge in [-0.2, -0.15) is 13.2 Å². The second-order valence-electron chi connectivity index (χ2n) is 9.14. The van der Waals surface area contributed by atoms with Crippen molar-refractivity contribution in [2.24, 2.45) is 0 Å². The molecule has 220 valence electrons. The highest BCUT2D eigenvalue weighted by Gasteiger charge is 2.31. The number of carbonyl (C=O) groups is 1. The number of nitrogens with zero attached hydrogens (tertiary/aromatic N) is 2. The van der Waals surface area contributed by atoms with Gasteiger partial charge < -0.3 is 5.32 Å². The second kappa shape index (κ2) is 11.4. The lowest BCUT2D eigenvalue weighted by Crippen LogP contribution is -2.35. The molecule has 2 aromatic carbocycles. The average molecular weight is 621 g/mol. The summed E-state index contributed by atoms with van der Waals surface area (Å²) in [5.41, 5.74) is -2.82. The van der Waals surface area contributed by atoms with Crippen LogP contribution in [0.25, 0.3) is 5.69 Å². The van der Waals surface area contributed by atoms with Crippen molar-refractivity contribution in [1.29, 1.82) is 0 Å². The monoisotopic (exact) mass is 620 g/mol. The maximum Gasteiger partial charge on any atom is 0.416 e. The zero-order valence-corrected chi connectivity index (χ0v) is 23.6. The highest BCUT2D eigenvalue weighted by Crippen LogP contribution is 2.31. The number of pyridine rings is 2. The number of sulfone groups is 1. The summed E-state index contributed by atoms with van der Waals surface area (Å²) in [6.07, 6.45) is -1.09. The van der Waals surface area contributed by atoms with Crippen molar-refractivity contribution in [2.45, 2.75) is 29.4 Å². The minimum Gasteiger partial charge on any atom is -0.348 e. The minimum absolute atomic E-state index is 0.0519. The maximum absolute atomic E-state index is 13.5. The molecule has 2 aromatic heterocycles. The number of alkyl halides is 3. The lowest BCUT2D eigenvalue weighted by Gasteiger charge is -2.18. The zero-order valence-electron chi connectivity index (χ0n) is 22.0. The summed E-state index contributed by atoms with van der Waals surface area (Å²) in [5.74, 6) is -1.01. The van der Waals surface area contributed by atoms with E-state index in [1.807, 2.05) is 0 Å². The highest BCUT2D eigenvalue weighted by molar-refractivity contribution is 7.92. The predicted octanol–water partition coefficient (Wildman–Crippen LogP) is 3.69. The Bertz CT molecular complexity index is 1930. The van der Waals surface area contributed by atoms with Crippen molar-refractivity contribution in [3.63, 3.8) is 0 Å². The molecule has 0 aliphatic heterocycles. The van der Waals surface area contributed by atoms with Gasteiger partial charge in [0.25, 0.3) is 21.5 Å². The molecule has 0 saturated heterocycles. The number of hydrogen-bond acceptors (Lipinski definition) is 7. The van der Waals surface area contributed by atoms with E-state index in [1.165, 1.54) is 61.8 Å². The standard InChI is InChI=1S/C27H23F3N4O6S2/c1-17-24(42(39,40)33-20-6-4-12-31-16-20)14-23(25(35)32-15-18-8-10-22(11-9-18)41(2,37)38)26(36)34(17)21-7-3-5-19(13-21)27(28,29)30/h3-14,16,33H,15H2,1-2H3,(H,32,35). The van der Waals surface area contributed by atoms with Crippen molar-refractivity contribution >= 4 is 31.5 Å². The molecule has 0 aliphatic rings. The van der Waals surface area contributed by atoms with Gasteiger partial charge in [-0.15, -0.1) is 0 Å². The first-order valence-electron chi connectivity index (χ1n) is 12.0. The van der Waals surface area contributed by atoms with Gasteiger partial charge in [-0.25, -0.2) is 16.8 Å². The Balaban J connectivity index is 1.81. The van der Waals surface area contributed by atoms with Crippen LogP contribution in [0.15, 0.2) is 93.7 Å². The Hall–Kier alpha value is -4.50. The van der Waals surface area contributed by atoms with Crippen LogP contribution in [-0.2, 0) is 32.6 Å². The number of carbonyl (C=O) groups excluding carboxylic acids is 1. The fraction of sp³-hybridized carbons (Fsp3) is 0.148. The summed E-state index contributed by atoms with van der Waals surface area (Å²) >= 11 is 0. The topological polar surface area (TPSA) is 144 Å². The van der Waals surface area contributed by atoms with Crippen LogP contribution in [-0.4, -0.2) is 38.5 Å². The Kier molecular flexibility index (Phi) is 8.27. The van der Waals surface area contributed by atoms with Gasteiger partial charge in [0.15, 0.2) is 9.84 Å². The first kappa shape index (κ1) is 30.5. The van der Waals surface area contributed by atoms with E-state index in [0.29, 0.717) is 11.6 Å². The molecule has 42 heavy (non-hydrogen) atoms. The molecular formula is C27H23F3N4O6S2. The molecule has 4 rings (SSSR count). The Morgan fingerprint density at radius 2 is 1.67 bits per heavy atom. The third-order valence-electron chi connectivity index (χ3n) is 6.09. The number of rotatable bonds is 8. The first-order chi connectivity index (χ1) is 19.6. The van der Waals surface area contributed by atoms with Crippen LogP contribution in [0.2, 0.25) is 0 Å². The zero-order chi connectivity index (χ0) is 30.9. The number of hydrogen-bond donors (Lipinski definition) is 2. The summed E-state index contributed by atoms with van der Waals surface area (Å²) in [6, 6.07) is 13.0. The fourth-order valence-electron chi connectivity index (χ4n) is 4.01. The predicted molar refractivity (Wildman–Crippen MR) is 148 cm³/mol. The van der Waals surface area contributed by atoms with Crippen molar-refractivity contribution in [1.82, 2.24) is 14.9 Å². The Morgan fingerprint density at radius 1 is 0.976 bits per heavy atom. The number of amides is 1. The Morgan fingerprint density at radius 3 is 2.26 bits per heavy atom. The smallest absolute Gasteiger partial charge is 0.348 e. The number of aromatic nitrogens is 2. The van der Waals surface area contributed by atoms with Crippen molar-refractivity contribution in [3.05, 3.63) is 112 Å². The van der Waals surface area contributed by atoms with E-state index < -0.39 is 53.5 Å². The number of sulfonamides is 1. The van der Waals surface area contributed by atoms with Crippen molar-refractivity contribution in [3.8, 4) is 5.69 Å². The summed E-state index contributed by atoms with van der Waals surface area (Å²) < 4.78 is 93.5. The van der Waals surface area contributed by atoms with Crippen LogP contribution in [0.3, 0.4) is 0 Å². The molecule has 0 unspecified atom stereocenters. The van der Waals surface area contributed by atoms with Crippen LogP contribution < -0.4 is 15.6 Å². The van der Waals surface area contributed by atoms with E-state index in [-0.39, 0.29) is 28.5 Å². The fourth-order valence-corrected chi connectivity index (χ4v) is 5.94. The van der Waals surface area contributed by atoms with E-state index in [0.717, 1.165) is 29.0 Å². The molecule has 4 aromatic rings. The van der Waals surface area contributed by atoms with Crippen molar-refractivity contribution < 1.29 is 34.8 Å². The Labute approximate surface area is 238 Å². The van der Waals surface area contributed by atoms with Gasteiger partial charge in [0, 0.05) is 30.4 Å². The average Bonchev–Trinajstić information content (AvgIpc) is 2.91. The molecule has 2 N–H and O–H groups in total. The molecule has 0 atom stereocenters. The van der Waals surface area contributed by atoms with E-state index >= 15 is 0 Å². The van der Waals surface area contributed by atoms with Gasteiger partial charge in [-0.05, 0) is 61.0 Å². The van der Waals surface area contributed by atoms with Gasteiger partial charge in [-0.1, -0.05) is 18.2 Å². The molecule has 0 aliphatic carbocycles. The first-order valence-corrected chi connectivity index (χ1v) is 15.4. The van der Waals surface area contributed by atoms with Crippen LogP contribution in [0, 0.1) is 6.92 Å². The SMILES string of the molecule is Cc1c(S(=O)(=O)Nc2cccnc2)cc(C(=O)NCc2ccc(S(C)(=O)=O)cc2)c(=O)n1-c1cccc(C(F)(F)F)c1. The number of benzene rings is 2. The molecule has 10 nitrogen and oxygen atoms in total. The second-order valence-corrected chi connectivity index (χ2v) is 12.8. The molecule has 2 heterocycles. The van der Waals surface area contributed by atoms with Crippen molar-refractivity contribution in [2.75, 3.05) is 11.0 Å². The van der Waals surface area contributed by atoms with Gasteiger partial charge in [0.1, 0.15) is 10.5 Å². The molecule has 0 radical (unpaired) electrons. The molecule has 0 bridgehead atoms. The summed E-state index contributed by atoms with van der Waals surface area (Å²) in [6.45, 7) is 1.06. The number of nitrogens with one attached hydrogen (secondary N) is 2. The third kappa shape index (κ3) is 6.69. The third-order valence-corrected chi connectivity index (χ3v) is 8.71. The molecule has 0 fully saturated rings. The molecule has 15 heteroatoms. The van der Waals surface area contributed by atoms with E-state index in [9.17, 15) is 39.6 Å². The number of halogens is 3. The molecule has 1 amide bonds. The minimum atomic E-state index is -4.76. The quantitative estimate of drug-likeness (QED) is 0.306. The van der Waals surface area contributed by atoms with Gasteiger partial charge in [-0.3, -0.25) is 23.9 Å². The van der Waals surface area contributed by atoms with Gasteiger partial charge in [0.05, 0.1) is 22.3 Å². The lowest BCUT2D eigenvalue weighted by atomic mass is 10.1. The van der Waals surface area contributed by atoms with Gasteiger partial charge in [0.2, 0.25) is 0 Å². The van der Waals surface area contributed by atoms with Crippen LogP contribution in [0.4, 0.5) is 18.9 Å².